The van der Waals surface area contributed by atoms with E-state index in [-0.39, 0.29) is 13.0 Å². The average Bonchev–Trinajstić information content (AvgIpc) is 2.73. The Morgan fingerprint density at radius 3 is 2.55 bits per heavy atom. The molecule has 162 valence electrons. The van der Waals surface area contributed by atoms with E-state index in [9.17, 15) is 30.0 Å². The van der Waals surface area contributed by atoms with Crippen LogP contribution in [0.25, 0.3) is 0 Å². The van der Waals surface area contributed by atoms with Crippen LogP contribution in [0.15, 0.2) is 30.3 Å². The predicted octanol–water partition coefficient (Wildman–Crippen LogP) is -2.59. The first-order chi connectivity index (χ1) is 13.7. The van der Waals surface area contributed by atoms with E-state index in [4.69, 9.17) is 14.6 Å². The van der Waals surface area contributed by atoms with Crippen LogP contribution in [-0.2, 0) is 25.7 Å². The third-order valence-corrected chi connectivity index (χ3v) is 4.77. The summed E-state index contributed by atoms with van der Waals surface area (Å²) in [5.74, 6) is -4.72. The molecule has 2 rings (SSSR count). The molecule has 1 aliphatic rings. The second-order valence-electron chi connectivity index (χ2n) is 6.86. The van der Waals surface area contributed by atoms with Gasteiger partial charge in [0, 0.05) is 12.8 Å². The lowest BCUT2D eigenvalue weighted by Crippen LogP contribution is -2.69. The van der Waals surface area contributed by atoms with Gasteiger partial charge in [-0.15, -0.1) is 0 Å². The highest BCUT2D eigenvalue weighted by Crippen LogP contribution is 2.33. The van der Waals surface area contributed by atoms with Crippen molar-refractivity contribution in [2.45, 2.75) is 62.6 Å². The number of nitrogens with one attached hydrogen (secondary N) is 1. The topological polar surface area (TPSA) is 169 Å². The number of aliphatic hydroxyl groups excluding tert-OH is 4. The number of ether oxygens (including phenoxy) is 2. The number of aliphatic carboxylic acids is 1. The number of benzene rings is 1. The van der Waals surface area contributed by atoms with Crippen molar-refractivity contribution in [2.24, 2.45) is 0 Å². The molecule has 10 heteroatoms. The number of hydrogen-bond donors (Lipinski definition) is 5. The van der Waals surface area contributed by atoms with Crippen LogP contribution in [0, 0.1) is 0 Å². The largest absolute Gasteiger partial charge is 0.544 e. The van der Waals surface area contributed by atoms with Gasteiger partial charge < -0.3 is 45.1 Å². The van der Waals surface area contributed by atoms with Crippen LogP contribution in [0.2, 0.25) is 0 Å². The molecule has 0 bridgehead atoms. The summed E-state index contributed by atoms with van der Waals surface area (Å²) in [5.41, 5.74) is 0.625. The molecule has 1 heterocycles. The standard InChI is InChI=1S/C19H27NO9/c1-2-14(24)20-15-12(22)8-19(18(26)27,28-10-11-6-4-3-5-7-11)29-17(15)16(25)13(23)9-21/h3-7,12-13,15-17,21-23,25H,2,8-10H2,1H3,(H,20,24)(H,26,27)/p-1/t12-,13+,15+,16+,17+,19+/m0/s1. The highest BCUT2D eigenvalue weighted by Gasteiger charge is 2.52. The summed E-state index contributed by atoms with van der Waals surface area (Å²) in [5, 5.41) is 54.2. The third-order valence-electron chi connectivity index (χ3n) is 4.77. The predicted molar refractivity (Wildman–Crippen MR) is 95.8 cm³/mol. The lowest BCUT2D eigenvalue weighted by Gasteiger charge is -2.48. The van der Waals surface area contributed by atoms with Gasteiger partial charge in [0.25, 0.3) is 0 Å². The molecular weight excluding hydrogens is 386 g/mol. The lowest BCUT2D eigenvalue weighted by atomic mass is 9.88. The molecule has 0 spiro atoms. The first kappa shape index (κ1) is 23.2. The van der Waals surface area contributed by atoms with Gasteiger partial charge in [-0.3, -0.25) is 4.79 Å². The van der Waals surface area contributed by atoms with Gasteiger partial charge >= 0.3 is 0 Å². The smallest absolute Gasteiger partial charge is 0.220 e. The van der Waals surface area contributed by atoms with Crippen LogP contribution in [0.5, 0.6) is 0 Å². The number of carbonyl (C=O) groups excluding carboxylic acids is 2. The summed E-state index contributed by atoms with van der Waals surface area (Å²) < 4.78 is 10.9. The first-order valence-corrected chi connectivity index (χ1v) is 9.25. The Morgan fingerprint density at radius 1 is 1.34 bits per heavy atom. The van der Waals surface area contributed by atoms with Crippen molar-refractivity contribution in [2.75, 3.05) is 6.61 Å². The Hall–Kier alpha value is -2.08. The molecule has 6 atom stereocenters. The fraction of sp³-hybridized carbons (Fsp3) is 0.579. The van der Waals surface area contributed by atoms with Crippen molar-refractivity contribution >= 4 is 11.9 Å². The zero-order valence-corrected chi connectivity index (χ0v) is 15.9. The molecule has 1 amide bonds. The summed E-state index contributed by atoms with van der Waals surface area (Å²) >= 11 is 0. The van der Waals surface area contributed by atoms with E-state index >= 15 is 0 Å². The Bertz CT molecular complexity index is 686. The van der Waals surface area contributed by atoms with Gasteiger partial charge in [0.15, 0.2) is 0 Å². The summed E-state index contributed by atoms with van der Waals surface area (Å²) in [6.07, 6.45) is -7.15. The second-order valence-corrected chi connectivity index (χ2v) is 6.86. The fourth-order valence-electron chi connectivity index (χ4n) is 3.10. The van der Waals surface area contributed by atoms with E-state index in [0.29, 0.717) is 5.56 Å². The van der Waals surface area contributed by atoms with Crippen molar-refractivity contribution < 1.29 is 44.6 Å². The Morgan fingerprint density at radius 2 is 2.00 bits per heavy atom. The van der Waals surface area contributed by atoms with Crippen molar-refractivity contribution in [3.8, 4) is 0 Å². The van der Waals surface area contributed by atoms with Gasteiger partial charge in [-0.05, 0) is 5.56 Å². The van der Waals surface area contributed by atoms with Crippen LogP contribution in [-0.4, -0.2) is 75.2 Å². The van der Waals surface area contributed by atoms with Gasteiger partial charge in [0.1, 0.15) is 24.3 Å². The van der Waals surface area contributed by atoms with E-state index in [0.717, 1.165) is 0 Å². The van der Waals surface area contributed by atoms with E-state index < -0.39 is 61.1 Å². The van der Waals surface area contributed by atoms with Crippen LogP contribution >= 0.6 is 0 Å². The molecule has 5 N–H and O–H groups in total. The molecule has 1 saturated heterocycles. The molecule has 10 nitrogen and oxygen atoms in total. The zero-order valence-electron chi connectivity index (χ0n) is 15.9. The molecule has 0 radical (unpaired) electrons. The maximum Gasteiger partial charge on any atom is 0.220 e. The summed E-state index contributed by atoms with van der Waals surface area (Å²) in [6.45, 7) is 0.515. The number of amides is 1. The summed E-state index contributed by atoms with van der Waals surface area (Å²) in [6, 6.07) is 7.35. The normalized spacial score (nSPS) is 29.1. The highest BCUT2D eigenvalue weighted by atomic mass is 16.7. The molecule has 1 fully saturated rings. The number of carboxylic acids is 1. The fourth-order valence-corrected chi connectivity index (χ4v) is 3.10. The molecule has 0 aromatic heterocycles. The molecule has 0 aliphatic carbocycles. The van der Waals surface area contributed by atoms with Gasteiger partial charge in [0.05, 0.1) is 25.4 Å². The van der Waals surface area contributed by atoms with E-state index in [1.807, 2.05) is 0 Å². The van der Waals surface area contributed by atoms with Crippen LogP contribution in [0.3, 0.4) is 0 Å². The zero-order chi connectivity index (χ0) is 21.6. The van der Waals surface area contributed by atoms with Crippen LogP contribution in [0.1, 0.15) is 25.3 Å². The minimum atomic E-state index is -2.44. The average molecular weight is 412 g/mol. The molecule has 0 saturated carbocycles. The van der Waals surface area contributed by atoms with Gasteiger partial charge in [-0.2, -0.15) is 0 Å². The highest BCUT2D eigenvalue weighted by molar-refractivity contribution is 5.76. The molecule has 1 aromatic rings. The minimum absolute atomic E-state index is 0.0602. The number of aliphatic hydroxyl groups is 4. The summed E-state index contributed by atoms with van der Waals surface area (Å²) in [4.78, 5) is 23.7. The van der Waals surface area contributed by atoms with Crippen LogP contribution in [0.4, 0.5) is 0 Å². The number of carbonyl (C=O) groups is 2. The van der Waals surface area contributed by atoms with Gasteiger partial charge in [-0.1, -0.05) is 37.3 Å². The van der Waals surface area contributed by atoms with Gasteiger partial charge in [0.2, 0.25) is 11.7 Å². The molecular formula is C19H26NO9-. The second kappa shape index (κ2) is 10.1. The number of carboxylic acid groups (broad SMARTS) is 1. The quantitative estimate of drug-likeness (QED) is 0.292. The van der Waals surface area contributed by atoms with E-state index in [2.05, 4.69) is 5.32 Å². The Kier molecular flexibility index (Phi) is 8.08. The molecule has 1 aromatic carbocycles. The Labute approximate surface area is 167 Å². The molecule has 1 aliphatic heterocycles. The lowest BCUT2D eigenvalue weighted by molar-refractivity contribution is -0.383. The molecule has 29 heavy (non-hydrogen) atoms. The number of hydrogen-bond acceptors (Lipinski definition) is 9. The number of rotatable bonds is 9. The van der Waals surface area contributed by atoms with E-state index in [1.54, 1.807) is 37.3 Å². The maximum atomic E-state index is 11.9. The Balaban J connectivity index is 2.31. The minimum Gasteiger partial charge on any atom is -0.544 e. The first-order valence-electron chi connectivity index (χ1n) is 9.25. The van der Waals surface area contributed by atoms with E-state index in [1.165, 1.54) is 0 Å². The summed E-state index contributed by atoms with van der Waals surface area (Å²) in [7, 11) is 0. The van der Waals surface area contributed by atoms with Crippen LogP contribution < -0.4 is 10.4 Å². The monoisotopic (exact) mass is 412 g/mol. The van der Waals surface area contributed by atoms with Crippen molar-refractivity contribution in [1.29, 1.82) is 0 Å². The maximum absolute atomic E-state index is 11.9. The van der Waals surface area contributed by atoms with Crippen molar-refractivity contribution in [3.63, 3.8) is 0 Å². The van der Waals surface area contributed by atoms with Gasteiger partial charge in [-0.25, -0.2) is 0 Å². The third kappa shape index (κ3) is 5.50. The molecule has 0 unspecified atom stereocenters. The van der Waals surface area contributed by atoms with Crippen molar-refractivity contribution in [1.82, 2.24) is 5.32 Å². The SMILES string of the molecule is CCC(=O)N[C@H]1[C@H]([C@H](O)[C@H](O)CO)O[C@@](OCc2ccccc2)(C(=O)[O-])C[C@@H]1O. The van der Waals surface area contributed by atoms with Crippen molar-refractivity contribution in [3.05, 3.63) is 35.9 Å².